The van der Waals surface area contributed by atoms with Crippen molar-refractivity contribution >= 4 is 21.7 Å². The number of rotatable bonds is 4. The lowest BCUT2D eigenvalue weighted by atomic mass is 9.79. The van der Waals surface area contributed by atoms with Crippen molar-refractivity contribution in [1.82, 2.24) is 9.97 Å². The number of aromatic nitrogens is 2. The van der Waals surface area contributed by atoms with E-state index < -0.39 is 0 Å². The fourth-order valence-corrected chi connectivity index (χ4v) is 4.69. The van der Waals surface area contributed by atoms with Crippen molar-refractivity contribution in [3.63, 3.8) is 0 Å². The van der Waals surface area contributed by atoms with E-state index in [1.807, 2.05) is 36.6 Å². The maximum Gasteiger partial charge on any atom is 0.259 e. The minimum absolute atomic E-state index is 0.117. The smallest absolute Gasteiger partial charge is 0.259 e. The maximum atomic E-state index is 12.5. The van der Waals surface area contributed by atoms with Gasteiger partial charge in [-0.15, -0.1) is 0 Å². The number of para-hydroxylation sites is 1. The summed E-state index contributed by atoms with van der Waals surface area (Å²) in [6, 6.07) is 13.5. The first-order valence-electron chi connectivity index (χ1n) is 10.4. The molecule has 1 aliphatic carbocycles. The number of nitrogens with two attached hydrogens (primary N) is 1. The highest BCUT2D eigenvalue weighted by Gasteiger charge is 2.23. The molecule has 1 saturated carbocycles. The Bertz CT molecular complexity index is 1220. The number of nitrogens with one attached hydrogen (secondary N) is 1. The normalized spacial score (nSPS) is 19.8. The largest absolute Gasteiger partial charge is 0.468 e. The molecule has 5 rings (SSSR count). The fourth-order valence-electron chi connectivity index (χ4n) is 4.69. The predicted octanol–water partition coefficient (Wildman–Crippen LogP) is 4.64. The lowest BCUT2D eigenvalue weighted by Gasteiger charge is -2.27. The predicted molar refractivity (Wildman–Crippen MR) is 116 cm³/mol. The highest BCUT2D eigenvalue weighted by Crippen LogP contribution is 2.34. The molecule has 2 atom stereocenters. The van der Waals surface area contributed by atoms with Crippen LogP contribution in [-0.4, -0.2) is 16.5 Å². The molecule has 1 fully saturated rings. The van der Waals surface area contributed by atoms with Gasteiger partial charge in [-0.2, -0.15) is 0 Å². The summed E-state index contributed by atoms with van der Waals surface area (Å²) in [5.41, 5.74) is 7.39. The molecule has 4 aromatic rings. The summed E-state index contributed by atoms with van der Waals surface area (Å²) in [6.45, 7) is 0.778. The lowest BCUT2D eigenvalue weighted by Crippen LogP contribution is -2.23. The van der Waals surface area contributed by atoms with Crippen LogP contribution in [0, 0.1) is 11.8 Å². The van der Waals surface area contributed by atoms with Crippen LogP contribution in [0.4, 0.5) is 0 Å². The highest BCUT2D eigenvalue weighted by molar-refractivity contribution is 5.88. The van der Waals surface area contributed by atoms with Gasteiger partial charge in [-0.05, 0) is 55.8 Å². The van der Waals surface area contributed by atoms with Gasteiger partial charge in [0.1, 0.15) is 11.6 Å². The number of fused-ring (bicyclic) bond motifs is 2. The van der Waals surface area contributed by atoms with Crippen molar-refractivity contribution in [3.8, 4) is 11.4 Å². The second-order valence-electron chi connectivity index (χ2n) is 8.23. The third kappa shape index (κ3) is 3.47. The van der Waals surface area contributed by atoms with E-state index in [9.17, 15) is 4.79 Å². The zero-order valence-electron chi connectivity index (χ0n) is 16.4. The Morgan fingerprint density at radius 1 is 1.10 bits per heavy atom. The maximum absolute atomic E-state index is 12.5. The Hall–Kier alpha value is -2.92. The van der Waals surface area contributed by atoms with E-state index in [2.05, 4.69) is 16.0 Å². The quantitative estimate of drug-likeness (QED) is 0.534. The molecule has 5 nitrogen and oxygen atoms in total. The van der Waals surface area contributed by atoms with Crippen molar-refractivity contribution in [1.29, 1.82) is 0 Å². The summed E-state index contributed by atoms with van der Waals surface area (Å²) in [7, 11) is 0. The molecule has 2 aromatic carbocycles. The Kier molecular flexibility index (Phi) is 4.68. The van der Waals surface area contributed by atoms with Crippen LogP contribution in [-0.2, 0) is 6.42 Å². The molecule has 2 aromatic heterocycles. The summed E-state index contributed by atoms with van der Waals surface area (Å²) in [6.07, 6.45) is 7.67. The first-order valence-corrected chi connectivity index (χ1v) is 10.4. The Labute approximate surface area is 169 Å². The lowest BCUT2D eigenvalue weighted by molar-refractivity contribution is 0.261. The standard InChI is InChI=1S/C24H25N3O2/c25-13-16-5-3-4-15(10-16)11-22-20-12-17(8-9-18(20)14-29-22)23-26-21-7-2-1-6-19(21)24(28)27-23/h1-2,6-9,12,14-16H,3-5,10-11,13,25H2,(H,26,27,28). The summed E-state index contributed by atoms with van der Waals surface area (Å²) in [5, 5.41) is 2.79. The van der Waals surface area contributed by atoms with Gasteiger partial charge in [0.25, 0.3) is 5.56 Å². The van der Waals surface area contributed by atoms with Gasteiger partial charge in [0.05, 0.1) is 17.2 Å². The van der Waals surface area contributed by atoms with E-state index in [1.165, 1.54) is 25.7 Å². The van der Waals surface area contributed by atoms with Gasteiger partial charge < -0.3 is 15.1 Å². The molecular weight excluding hydrogens is 362 g/mol. The van der Waals surface area contributed by atoms with Crippen molar-refractivity contribution in [2.45, 2.75) is 32.1 Å². The van der Waals surface area contributed by atoms with E-state index in [0.29, 0.717) is 28.6 Å². The van der Waals surface area contributed by atoms with E-state index in [-0.39, 0.29) is 5.56 Å². The van der Waals surface area contributed by atoms with Gasteiger partial charge in [0.15, 0.2) is 0 Å². The number of benzene rings is 2. The van der Waals surface area contributed by atoms with Crippen molar-refractivity contribution in [2.24, 2.45) is 17.6 Å². The van der Waals surface area contributed by atoms with E-state index in [0.717, 1.165) is 35.1 Å². The van der Waals surface area contributed by atoms with Crippen LogP contribution in [0.25, 0.3) is 33.1 Å². The second-order valence-corrected chi connectivity index (χ2v) is 8.23. The van der Waals surface area contributed by atoms with E-state index in [1.54, 1.807) is 6.07 Å². The topological polar surface area (TPSA) is 84.9 Å². The Morgan fingerprint density at radius 3 is 2.86 bits per heavy atom. The van der Waals surface area contributed by atoms with Crippen LogP contribution >= 0.6 is 0 Å². The van der Waals surface area contributed by atoms with Gasteiger partial charge in [0.2, 0.25) is 0 Å². The first-order chi connectivity index (χ1) is 14.2. The highest BCUT2D eigenvalue weighted by atomic mass is 16.3. The molecule has 0 radical (unpaired) electrons. The van der Waals surface area contributed by atoms with Crippen LogP contribution < -0.4 is 11.3 Å². The minimum atomic E-state index is -0.117. The van der Waals surface area contributed by atoms with Crippen LogP contribution in [0.1, 0.15) is 31.4 Å². The molecule has 1 aliphatic rings. The van der Waals surface area contributed by atoms with Gasteiger partial charge in [-0.3, -0.25) is 4.79 Å². The number of hydrogen-bond acceptors (Lipinski definition) is 4. The first kappa shape index (κ1) is 18.1. The molecule has 0 spiro atoms. The van der Waals surface area contributed by atoms with Gasteiger partial charge in [-0.1, -0.05) is 30.7 Å². The summed E-state index contributed by atoms with van der Waals surface area (Å²) < 4.78 is 5.95. The number of nitrogens with zero attached hydrogens (tertiary/aromatic N) is 1. The van der Waals surface area contributed by atoms with Crippen molar-refractivity contribution < 1.29 is 4.42 Å². The number of H-pyrrole nitrogens is 1. The van der Waals surface area contributed by atoms with Crippen LogP contribution in [0.5, 0.6) is 0 Å². The third-order valence-corrected chi connectivity index (χ3v) is 6.27. The van der Waals surface area contributed by atoms with Gasteiger partial charge in [0, 0.05) is 22.8 Å². The third-order valence-electron chi connectivity index (χ3n) is 6.27. The number of hydrogen-bond donors (Lipinski definition) is 2. The molecule has 3 N–H and O–H groups in total. The fraction of sp³-hybridized carbons (Fsp3) is 0.333. The minimum Gasteiger partial charge on any atom is -0.468 e. The molecule has 2 unspecified atom stereocenters. The molecule has 0 saturated heterocycles. The van der Waals surface area contributed by atoms with Crippen LogP contribution in [0.2, 0.25) is 0 Å². The monoisotopic (exact) mass is 387 g/mol. The molecule has 29 heavy (non-hydrogen) atoms. The Morgan fingerprint density at radius 2 is 1.97 bits per heavy atom. The van der Waals surface area contributed by atoms with Gasteiger partial charge in [-0.25, -0.2) is 4.98 Å². The number of aromatic amines is 1. The molecule has 148 valence electrons. The van der Waals surface area contributed by atoms with Gasteiger partial charge >= 0.3 is 0 Å². The molecule has 0 aliphatic heterocycles. The number of furan rings is 1. The molecule has 0 bridgehead atoms. The van der Waals surface area contributed by atoms with Crippen LogP contribution in [0.3, 0.4) is 0 Å². The molecule has 0 amide bonds. The molecule has 2 heterocycles. The zero-order chi connectivity index (χ0) is 19.8. The average molecular weight is 387 g/mol. The SMILES string of the molecule is NCC1CCCC(Cc2occ3ccc(-c4nc5ccccc5c(=O)[nH]4)cc23)C1. The Balaban J connectivity index is 1.50. The summed E-state index contributed by atoms with van der Waals surface area (Å²) >= 11 is 0. The molecule has 5 heteroatoms. The van der Waals surface area contributed by atoms with Crippen LogP contribution in [0.15, 0.2) is 57.9 Å². The zero-order valence-corrected chi connectivity index (χ0v) is 16.4. The molecular formula is C24H25N3O2. The second kappa shape index (κ2) is 7.48. The van der Waals surface area contributed by atoms with Crippen molar-refractivity contribution in [3.05, 3.63) is 64.8 Å². The van der Waals surface area contributed by atoms with E-state index in [4.69, 9.17) is 10.2 Å². The summed E-state index contributed by atoms with van der Waals surface area (Å²) in [4.78, 5) is 20.0. The van der Waals surface area contributed by atoms with E-state index >= 15 is 0 Å². The summed E-state index contributed by atoms with van der Waals surface area (Å²) in [5.74, 6) is 2.86. The average Bonchev–Trinajstić information content (AvgIpc) is 3.16. The van der Waals surface area contributed by atoms with Crippen molar-refractivity contribution in [2.75, 3.05) is 6.54 Å².